The molecule has 0 radical (unpaired) electrons. The number of hydrogen-bond donors (Lipinski definition) is 2. The van der Waals surface area contributed by atoms with E-state index in [1.807, 2.05) is 0 Å². The molecule has 1 aliphatic heterocycles. The van der Waals surface area contributed by atoms with Crippen molar-refractivity contribution in [3.8, 4) is 0 Å². The molecular weight excluding hydrogens is 226 g/mol. The highest BCUT2D eigenvalue weighted by Crippen LogP contribution is 2.18. The molecule has 2 N–H and O–H groups in total. The summed E-state index contributed by atoms with van der Waals surface area (Å²) >= 11 is 0. The van der Waals surface area contributed by atoms with Crippen LogP contribution in [-0.4, -0.2) is 73.4 Å². The first kappa shape index (κ1) is 14.3. The predicted molar refractivity (Wildman–Crippen MR) is 74.8 cm³/mol. The third-order valence-electron chi connectivity index (χ3n) is 4.38. The van der Waals surface area contributed by atoms with Crippen LogP contribution < -0.4 is 5.32 Å². The third kappa shape index (κ3) is 4.84. The molecular formula is C14H29N3O. The Morgan fingerprint density at radius 2 is 1.72 bits per heavy atom. The van der Waals surface area contributed by atoms with Crippen LogP contribution in [0, 0.1) is 0 Å². The average Bonchev–Trinajstić information content (AvgIpc) is 2.39. The number of nitrogens with zero attached hydrogens (tertiary/aromatic N) is 2. The molecule has 1 saturated heterocycles. The van der Waals surface area contributed by atoms with Crippen LogP contribution in [-0.2, 0) is 0 Å². The van der Waals surface area contributed by atoms with E-state index in [9.17, 15) is 5.11 Å². The summed E-state index contributed by atoms with van der Waals surface area (Å²) in [4.78, 5) is 4.98. The fraction of sp³-hybridized carbons (Fsp3) is 1.00. The lowest BCUT2D eigenvalue weighted by molar-refractivity contribution is 0.116. The molecule has 0 aromatic heterocycles. The Balaban J connectivity index is 1.48. The molecule has 1 heterocycles. The van der Waals surface area contributed by atoms with E-state index in [-0.39, 0.29) is 6.10 Å². The van der Waals surface area contributed by atoms with E-state index < -0.39 is 0 Å². The molecule has 106 valence electrons. The topological polar surface area (TPSA) is 38.7 Å². The fourth-order valence-corrected chi connectivity index (χ4v) is 2.96. The minimum absolute atomic E-state index is 0.0339. The molecule has 0 bridgehead atoms. The zero-order valence-corrected chi connectivity index (χ0v) is 11.8. The summed E-state index contributed by atoms with van der Waals surface area (Å²) in [6.07, 6.45) is 5.48. The summed E-state index contributed by atoms with van der Waals surface area (Å²) in [6.45, 7) is 7.25. The second-order valence-corrected chi connectivity index (χ2v) is 5.96. The van der Waals surface area contributed by atoms with Gasteiger partial charge < -0.3 is 20.2 Å². The second-order valence-electron chi connectivity index (χ2n) is 5.96. The summed E-state index contributed by atoms with van der Waals surface area (Å²) in [5.74, 6) is 0. The number of likely N-dealkylation sites (N-methyl/N-ethyl adjacent to an activating group) is 1. The lowest BCUT2D eigenvalue weighted by Crippen LogP contribution is -2.45. The second kappa shape index (κ2) is 7.43. The molecule has 1 saturated carbocycles. The maximum atomic E-state index is 9.45. The van der Waals surface area contributed by atoms with Gasteiger partial charge in [-0.3, -0.25) is 0 Å². The van der Waals surface area contributed by atoms with Crippen LogP contribution in [0.3, 0.4) is 0 Å². The van der Waals surface area contributed by atoms with Gasteiger partial charge in [0.25, 0.3) is 0 Å². The molecule has 0 spiro atoms. The maximum absolute atomic E-state index is 9.45. The zero-order valence-electron chi connectivity index (χ0n) is 11.8. The number of aliphatic hydroxyl groups excluding tert-OH is 1. The Bertz CT molecular complexity index is 197. The van der Waals surface area contributed by atoms with Gasteiger partial charge in [-0.25, -0.2) is 0 Å². The van der Waals surface area contributed by atoms with Crippen molar-refractivity contribution >= 4 is 0 Å². The first-order valence-corrected chi connectivity index (χ1v) is 7.56. The van der Waals surface area contributed by atoms with E-state index in [2.05, 4.69) is 22.2 Å². The average molecular weight is 255 g/mol. The highest BCUT2D eigenvalue weighted by atomic mass is 16.3. The number of nitrogens with one attached hydrogen (secondary N) is 1. The van der Waals surface area contributed by atoms with Crippen molar-refractivity contribution < 1.29 is 5.11 Å². The molecule has 18 heavy (non-hydrogen) atoms. The molecule has 1 aliphatic carbocycles. The first-order chi connectivity index (χ1) is 8.74. The molecule has 2 aliphatic rings. The summed E-state index contributed by atoms with van der Waals surface area (Å²) < 4.78 is 0. The van der Waals surface area contributed by atoms with Crippen molar-refractivity contribution in [3.05, 3.63) is 0 Å². The van der Waals surface area contributed by atoms with Gasteiger partial charge in [-0.05, 0) is 52.2 Å². The van der Waals surface area contributed by atoms with Crippen LogP contribution in [0.15, 0.2) is 0 Å². The van der Waals surface area contributed by atoms with Gasteiger partial charge in [-0.15, -0.1) is 0 Å². The smallest absolute Gasteiger partial charge is 0.0541 e. The van der Waals surface area contributed by atoms with E-state index >= 15 is 0 Å². The number of rotatable bonds is 5. The SMILES string of the molecule is CN1CCN(CCCNC2CCC(O)CC2)CC1. The highest BCUT2D eigenvalue weighted by molar-refractivity contribution is 4.77. The van der Waals surface area contributed by atoms with Gasteiger partial charge in [-0.1, -0.05) is 0 Å². The monoisotopic (exact) mass is 255 g/mol. The quantitative estimate of drug-likeness (QED) is 0.703. The number of piperazine rings is 1. The van der Waals surface area contributed by atoms with Gasteiger partial charge in [0.05, 0.1) is 6.10 Å². The Hall–Kier alpha value is -0.160. The van der Waals surface area contributed by atoms with Gasteiger partial charge in [0.15, 0.2) is 0 Å². The Labute approximate surface area is 111 Å². The Kier molecular flexibility index (Phi) is 5.89. The van der Waals surface area contributed by atoms with E-state index in [0.29, 0.717) is 6.04 Å². The number of aliphatic hydroxyl groups is 1. The lowest BCUT2D eigenvalue weighted by Gasteiger charge is -2.32. The molecule has 2 rings (SSSR count). The zero-order chi connectivity index (χ0) is 12.8. The highest BCUT2D eigenvalue weighted by Gasteiger charge is 2.18. The Morgan fingerprint density at radius 1 is 1.06 bits per heavy atom. The van der Waals surface area contributed by atoms with Crippen molar-refractivity contribution in [1.29, 1.82) is 0 Å². The van der Waals surface area contributed by atoms with Gasteiger partial charge in [0, 0.05) is 32.2 Å². The fourth-order valence-electron chi connectivity index (χ4n) is 2.96. The molecule has 2 fully saturated rings. The number of hydrogen-bond acceptors (Lipinski definition) is 4. The van der Waals surface area contributed by atoms with Crippen LogP contribution in [0.5, 0.6) is 0 Å². The third-order valence-corrected chi connectivity index (χ3v) is 4.38. The van der Waals surface area contributed by atoms with Crippen LogP contribution >= 0.6 is 0 Å². The normalized spacial score (nSPS) is 31.7. The van der Waals surface area contributed by atoms with Crippen LogP contribution in [0.2, 0.25) is 0 Å². The van der Waals surface area contributed by atoms with Crippen molar-refractivity contribution in [2.75, 3.05) is 46.3 Å². The molecule has 4 heteroatoms. The van der Waals surface area contributed by atoms with Crippen molar-refractivity contribution in [3.63, 3.8) is 0 Å². The maximum Gasteiger partial charge on any atom is 0.0541 e. The minimum atomic E-state index is -0.0339. The first-order valence-electron chi connectivity index (χ1n) is 7.56. The lowest BCUT2D eigenvalue weighted by atomic mass is 9.93. The van der Waals surface area contributed by atoms with Gasteiger partial charge in [0.1, 0.15) is 0 Å². The minimum Gasteiger partial charge on any atom is -0.393 e. The molecule has 0 aromatic rings. The largest absolute Gasteiger partial charge is 0.393 e. The van der Waals surface area contributed by atoms with E-state index in [1.165, 1.54) is 39.1 Å². The van der Waals surface area contributed by atoms with Gasteiger partial charge >= 0.3 is 0 Å². The summed E-state index contributed by atoms with van der Waals surface area (Å²) in [7, 11) is 2.20. The van der Waals surface area contributed by atoms with Gasteiger partial charge in [0.2, 0.25) is 0 Å². The molecule has 0 aromatic carbocycles. The predicted octanol–water partition coefficient (Wildman–Crippen LogP) is 0.517. The summed E-state index contributed by atoms with van der Waals surface area (Å²) in [5, 5.41) is 13.1. The molecule has 0 unspecified atom stereocenters. The van der Waals surface area contributed by atoms with Crippen LogP contribution in [0.4, 0.5) is 0 Å². The van der Waals surface area contributed by atoms with Crippen molar-refractivity contribution in [2.45, 2.75) is 44.2 Å². The molecule has 0 amide bonds. The molecule has 0 atom stereocenters. The summed E-state index contributed by atoms with van der Waals surface area (Å²) in [6, 6.07) is 0.654. The Morgan fingerprint density at radius 3 is 2.39 bits per heavy atom. The van der Waals surface area contributed by atoms with E-state index in [4.69, 9.17) is 0 Å². The van der Waals surface area contributed by atoms with Crippen LogP contribution in [0.25, 0.3) is 0 Å². The standard InChI is InChI=1S/C14H29N3O/c1-16-9-11-17(12-10-16)8-2-7-15-13-3-5-14(18)6-4-13/h13-15,18H,2-12H2,1H3. The summed E-state index contributed by atoms with van der Waals surface area (Å²) in [5.41, 5.74) is 0. The van der Waals surface area contributed by atoms with Crippen molar-refractivity contribution in [2.24, 2.45) is 0 Å². The van der Waals surface area contributed by atoms with Crippen molar-refractivity contribution in [1.82, 2.24) is 15.1 Å². The van der Waals surface area contributed by atoms with Gasteiger partial charge in [-0.2, -0.15) is 0 Å². The van der Waals surface area contributed by atoms with E-state index in [0.717, 1.165) is 32.2 Å². The van der Waals surface area contributed by atoms with Crippen LogP contribution in [0.1, 0.15) is 32.1 Å². The van der Waals surface area contributed by atoms with E-state index in [1.54, 1.807) is 0 Å². The molecule has 4 nitrogen and oxygen atoms in total.